The lowest BCUT2D eigenvalue weighted by Crippen LogP contribution is -1.94. The molecule has 0 spiro atoms. The van der Waals surface area contributed by atoms with Crippen LogP contribution in [0.2, 0.25) is 0 Å². The lowest BCUT2D eigenvalue weighted by Gasteiger charge is -2.07. The Morgan fingerprint density at radius 3 is 2.68 bits per heavy atom. The van der Waals surface area contributed by atoms with Crippen LogP contribution in [-0.2, 0) is 6.61 Å². The first kappa shape index (κ1) is 18.3. The summed E-state index contributed by atoms with van der Waals surface area (Å²) in [5.74, 6) is 0.778. The zero-order valence-corrected chi connectivity index (χ0v) is 16.5. The third-order valence-electron chi connectivity index (χ3n) is 3.99. The minimum atomic E-state index is 0.513. The van der Waals surface area contributed by atoms with E-state index in [0.29, 0.717) is 11.5 Å². The number of benzene rings is 3. The van der Waals surface area contributed by atoms with Gasteiger partial charge in [-0.15, -0.1) is 11.3 Å². The predicted molar refractivity (Wildman–Crippen MR) is 116 cm³/mol. The van der Waals surface area contributed by atoms with Crippen molar-refractivity contribution in [2.24, 2.45) is 0 Å². The van der Waals surface area contributed by atoms with Gasteiger partial charge in [0.25, 0.3) is 0 Å². The minimum absolute atomic E-state index is 0.513. The summed E-state index contributed by atoms with van der Waals surface area (Å²) in [5.41, 5.74) is 3.01. The SMILES string of the molecule is N#CC(=Cc1cccc(OCc2ccccc2)c1)Sc1nc2ccccc2s1. The first-order valence-electron chi connectivity index (χ1n) is 8.72. The Morgan fingerprint density at radius 2 is 1.86 bits per heavy atom. The number of fused-ring (bicyclic) bond motifs is 1. The minimum Gasteiger partial charge on any atom is -0.489 e. The molecule has 0 fully saturated rings. The summed E-state index contributed by atoms with van der Waals surface area (Å²) in [6, 6.07) is 28.1. The Morgan fingerprint density at radius 1 is 1.04 bits per heavy atom. The standard InChI is InChI=1S/C23H16N2OS2/c24-15-20(27-23-25-21-11-4-5-12-22(21)28-23)14-18-9-6-10-19(13-18)26-16-17-7-2-1-3-8-17/h1-14H,16H2. The number of para-hydroxylation sites is 1. The molecular formula is C23H16N2OS2. The molecule has 136 valence electrons. The van der Waals surface area contributed by atoms with Gasteiger partial charge < -0.3 is 4.74 Å². The van der Waals surface area contributed by atoms with E-state index in [4.69, 9.17) is 4.74 Å². The van der Waals surface area contributed by atoms with Gasteiger partial charge in [0.15, 0.2) is 4.34 Å². The molecule has 0 saturated carbocycles. The van der Waals surface area contributed by atoms with E-state index in [1.807, 2.05) is 84.9 Å². The molecule has 5 heteroatoms. The zero-order chi connectivity index (χ0) is 19.2. The molecule has 3 nitrogen and oxygen atoms in total. The summed E-state index contributed by atoms with van der Waals surface area (Å²) in [5, 5.41) is 9.55. The molecule has 0 aliphatic rings. The average Bonchev–Trinajstić information content (AvgIpc) is 3.15. The molecule has 1 heterocycles. The molecule has 1 aromatic heterocycles. The van der Waals surface area contributed by atoms with Crippen LogP contribution in [0, 0.1) is 11.3 Å². The Kier molecular flexibility index (Phi) is 5.72. The molecule has 0 N–H and O–H groups in total. The average molecular weight is 401 g/mol. The van der Waals surface area contributed by atoms with Gasteiger partial charge in [-0.2, -0.15) is 5.26 Å². The number of ether oxygens (including phenoxy) is 1. The van der Waals surface area contributed by atoms with Crippen molar-refractivity contribution in [1.29, 1.82) is 5.26 Å². The molecule has 0 radical (unpaired) electrons. The van der Waals surface area contributed by atoms with Crippen molar-refractivity contribution in [2.75, 3.05) is 0 Å². The quantitative estimate of drug-likeness (QED) is 0.273. The summed E-state index contributed by atoms with van der Waals surface area (Å²) in [6.45, 7) is 0.513. The van der Waals surface area contributed by atoms with E-state index in [2.05, 4.69) is 11.1 Å². The van der Waals surface area contributed by atoms with Crippen LogP contribution in [0.5, 0.6) is 5.75 Å². The van der Waals surface area contributed by atoms with E-state index < -0.39 is 0 Å². The number of rotatable bonds is 6. The number of nitriles is 1. The number of hydrogen-bond donors (Lipinski definition) is 0. The third-order valence-corrected chi connectivity index (χ3v) is 6.01. The van der Waals surface area contributed by atoms with E-state index >= 15 is 0 Å². The van der Waals surface area contributed by atoms with Crippen LogP contribution < -0.4 is 4.74 Å². The number of nitrogens with zero attached hydrogens (tertiary/aromatic N) is 2. The highest BCUT2D eigenvalue weighted by atomic mass is 32.2. The molecular weight excluding hydrogens is 384 g/mol. The van der Waals surface area contributed by atoms with Gasteiger partial charge in [0.2, 0.25) is 0 Å². The summed E-state index contributed by atoms with van der Waals surface area (Å²) in [4.78, 5) is 5.18. The third kappa shape index (κ3) is 4.61. The van der Waals surface area contributed by atoms with E-state index in [1.54, 1.807) is 11.3 Å². The molecule has 0 amide bonds. The smallest absolute Gasteiger partial charge is 0.156 e. The maximum Gasteiger partial charge on any atom is 0.156 e. The van der Waals surface area contributed by atoms with Gasteiger partial charge in [-0.25, -0.2) is 4.98 Å². The van der Waals surface area contributed by atoms with Gasteiger partial charge >= 0.3 is 0 Å². The van der Waals surface area contributed by atoms with Crippen molar-refractivity contribution in [3.8, 4) is 11.8 Å². The van der Waals surface area contributed by atoms with Crippen LogP contribution in [0.1, 0.15) is 11.1 Å². The second kappa shape index (κ2) is 8.75. The summed E-state index contributed by atoms with van der Waals surface area (Å²) in [6.07, 6.45) is 1.87. The summed E-state index contributed by atoms with van der Waals surface area (Å²) >= 11 is 2.99. The van der Waals surface area contributed by atoms with Gasteiger partial charge in [0.1, 0.15) is 18.4 Å². The second-order valence-corrected chi connectivity index (χ2v) is 8.34. The highest BCUT2D eigenvalue weighted by Gasteiger charge is 2.07. The van der Waals surface area contributed by atoms with Crippen LogP contribution in [0.4, 0.5) is 0 Å². The highest BCUT2D eigenvalue weighted by molar-refractivity contribution is 8.05. The fraction of sp³-hybridized carbons (Fsp3) is 0.0435. The second-order valence-electron chi connectivity index (χ2n) is 6.02. The number of allylic oxidation sites excluding steroid dienone is 1. The van der Waals surface area contributed by atoms with Crippen LogP contribution in [-0.4, -0.2) is 4.98 Å². The van der Waals surface area contributed by atoms with E-state index in [-0.39, 0.29) is 0 Å². The summed E-state index contributed by atoms with van der Waals surface area (Å²) in [7, 11) is 0. The number of thioether (sulfide) groups is 1. The lowest BCUT2D eigenvalue weighted by atomic mass is 10.2. The van der Waals surface area contributed by atoms with Crippen LogP contribution >= 0.6 is 23.1 Å². The van der Waals surface area contributed by atoms with Crippen molar-refractivity contribution in [3.05, 3.63) is 94.9 Å². The van der Waals surface area contributed by atoms with Crippen molar-refractivity contribution in [2.45, 2.75) is 10.9 Å². The molecule has 0 saturated heterocycles. The van der Waals surface area contributed by atoms with Gasteiger partial charge in [-0.1, -0.05) is 54.6 Å². The number of thiazole rings is 1. The van der Waals surface area contributed by atoms with E-state index in [0.717, 1.165) is 31.4 Å². The van der Waals surface area contributed by atoms with Gasteiger partial charge in [0.05, 0.1) is 15.1 Å². The first-order chi connectivity index (χ1) is 13.8. The molecule has 0 atom stereocenters. The van der Waals surface area contributed by atoms with Gasteiger partial charge in [-0.05, 0) is 53.2 Å². The van der Waals surface area contributed by atoms with Gasteiger partial charge in [-0.3, -0.25) is 0 Å². The molecule has 0 aliphatic carbocycles. The van der Waals surface area contributed by atoms with E-state index in [9.17, 15) is 5.26 Å². The normalized spacial score (nSPS) is 11.3. The Bertz CT molecular complexity index is 1130. The monoisotopic (exact) mass is 400 g/mol. The maximum absolute atomic E-state index is 9.55. The number of aromatic nitrogens is 1. The molecule has 28 heavy (non-hydrogen) atoms. The fourth-order valence-electron chi connectivity index (χ4n) is 2.66. The van der Waals surface area contributed by atoms with Crippen molar-refractivity contribution in [1.82, 2.24) is 4.98 Å². The Labute approximate surface area is 171 Å². The molecule has 0 bridgehead atoms. The van der Waals surface area contributed by atoms with Crippen LogP contribution in [0.15, 0.2) is 88.1 Å². The van der Waals surface area contributed by atoms with Crippen LogP contribution in [0.3, 0.4) is 0 Å². The number of hydrogen-bond acceptors (Lipinski definition) is 5. The molecule has 0 aliphatic heterocycles. The topological polar surface area (TPSA) is 45.9 Å². The van der Waals surface area contributed by atoms with Crippen molar-refractivity contribution in [3.63, 3.8) is 0 Å². The van der Waals surface area contributed by atoms with Crippen molar-refractivity contribution < 1.29 is 4.74 Å². The first-order valence-corrected chi connectivity index (χ1v) is 10.4. The Balaban J connectivity index is 1.49. The maximum atomic E-state index is 9.55. The molecule has 4 rings (SSSR count). The predicted octanol–water partition coefficient (Wildman–Crippen LogP) is 6.53. The van der Waals surface area contributed by atoms with Crippen molar-refractivity contribution >= 4 is 39.4 Å². The zero-order valence-electron chi connectivity index (χ0n) is 14.9. The molecule has 4 aromatic rings. The van der Waals surface area contributed by atoms with Crippen LogP contribution in [0.25, 0.3) is 16.3 Å². The largest absolute Gasteiger partial charge is 0.489 e. The Hall–Kier alpha value is -3.07. The molecule has 3 aromatic carbocycles. The summed E-state index contributed by atoms with van der Waals surface area (Å²) < 4.78 is 7.87. The van der Waals surface area contributed by atoms with E-state index in [1.165, 1.54) is 11.8 Å². The molecule has 0 unspecified atom stereocenters. The van der Waals surface area contributed by atoms with Gasteiger partial charge in [0, 0.05) is 0 Å². The lowest BCUT2D eigenvalue weighted by molar-refractivity contribution is 0.306. The highest BCUT2D eigenvalue weighted by Crippen LogP contribution is 2.34. The fourth-order valence-corrected chi connectivity index (χ4v) is 4.63.